The molecule has 0 N–H and O–H groups in total. The van der Waals surface area contributed by atoms with Crippen molar-refractivity contribution < 1.29 is 9.28 Å². The van der Waals surface area contributed by atoms with E-state index in [1.54, 1.807) is 0 Å². The highest BCUT2D eigenvalue weighted by Crippen LogP contribution is 2.35. The predicted molar refractivity (Wildman–Crippen MR) is 49.5 cm³/mol. The molecule has 0 radical (unpaired) electrons. The van der Waals surface area contributed by atoms with Gasteiger partial charge >= 0.3 is 0 Å². The number of hydrogen-bond acceptors (Lipinski definition) is 1. The van der Waals surface area contributed by atoms with Crippen molar-refractivity contribution >= 4 is 5.91 Å². The van der Waals surface area contributed by atoms with Crippen molar-refractivity contribution in [2.75, 3.05) is 6.54 Å². The van der Waals surface area contributed by atoms with E-state index in [9.17, 15) is 9.28 Å². The first-order valence-electron chi connectivity index (χ1n) is 4.92. The molecule has 0 aromatic carbocycles. The van der Waals surface area contributed by atoms with Crippen molar-refractivity contribution in [1.82, 2.24) is 5.12 Å². The summed E-state index contributed by atoms with van der Waals surface area (Å²) in [5.41, 5.74) is 0. The summed E-state index contributed by atoms with van der Waals surface area (Å²) in [6.45, 7) is 8.34. The van der Waals surface area contributed by atoms with E-state index in [0.717, 1.165) is 0 Å². The van der Waals surface area contributed by atoms with Gasteiger partial charge in [0.05, 0.1) is 6.54 Å². The van der Waals surface area contributed by atoms with E-state index in [1.165, 1.54) is 0 Å². The van der Waals surface area contributed by atoms with Crippen LogP contribution >= 0.6 is 0 Å². The summed E-state index contributed by atoms with van der Waals surface area (Å²) in [7, 11) is 0. The van der Waals surface area contributed by atoms with Gasteiger partial charge in [0, 0.05) is 5.92 Å². The third-order valence-corrected chi connectivity index (χ3v) is 2.93. The maximum Gasteiger partial charge on any atom is 0.253 e. The third-order valence-electron chi connectivity index (χ3n) is 2.93. The maximum atomic E-state index is 13.0. The molecular formula is C10H18FNO. The van der Waals surface area contributed by atoms with Crippen LogP contribution in [0.4, 0.5) is 4.48 Å². The van der Waals surface area contributed by atoms with Gasteiger partial charge in [-0.1, -0.05) is 32.2 Å². The first-order chi connectivity index (χ1) is 5.95. The number of carbonyl (C=O) groups excluding carboxylic acids is 1. The van der Waals surface area contributed by atoms with Crippen LogP contribution in [0.15, 0.2) is 0 Å². The van der Waals surface area contributed by atoms with Crippen LogP contribution in [0.2, 0.25) is 0 Å². The molecule has 0 aromatic rings. The summed E-state index contributed by atoms with van der Waals surface area (Å²) >= 11 is 0. The molecule has 1 saturated heterocycles. The average molecular weight is 187 g/mol. The fourth-order valence-electron chi connectivity index (χ4n) is 2.14. The Labute approximate surface area is 79.0 Å². The Bertz CT molecular complexity index is 203. The summed E-state index contributed by atoms with van der Waals surface area (Å²) < 4.78 is 13.0. The van der Waals surface area contributed by atoms with Gasteiger partial charge in [0.2, 0.25) is 0 Å². The first kappa shape index (κ1) is 10.5. The van der Waals surface area contributed by atoms with Crippen LogP contribution < -0.4 is 0 Å². The highest BCUT2D eigenvalue weighted by Gasteiger charge is 2.43. The highest BCUT2D eigenvalue weighted by molar-refractivity contribution is 5.80. The number of amides is 1. The average Bonchev–Trinajstić information content (AvgIpc) is 2.28. The van der Waals surface area contributed by atoms with E-state index in [1.807, 2.05) is 27.7 Å². The van der Waals surface area contributed by atoms with Gasteiger partial charge in [-0.25, -0.2) is 0 Å². The van der Waals surface area contributed by atoms with Crippen LogP contribution in [0.25, 0.3) is 0 Å². The second-order valence-electron chi connectivity index (χ2n) is 4.56. The molecule has 3 heteroatoms. The standard InChI is InChI=1S/C10H18FNO/c1-6(2)8-5-12(11)10(13)9(8)7(3)4/h6-9H,5H2,1-4H3. The molecule has 1 fully saturated rings. The predicted octanol–water partition coefficient (Wildman–Crippen LogP) is 2.26. The van der Waals surface area contributed by atoms with Crippen LogP contribution in [0.5, 0.6) is 0 Å². The van der Waals surface area contributed by atoms with E-state index >= 15 is 0 Å². The van der Waals surface area contributed by atoms with Crippen molar-refractivity contribution in [2.45, 2.75) is 27.7 Å². The Hall–Kier alpha value is -0.600. The number of nitrogens with zero attached hydrogens (tertiary/aromatic N) is 1. The van der Waals surface area contributed by atoms with Gasteiger partial charge in [0.1, 0.15) is 0 Å². The molecular weight excluding hydrogens is 169 g/mol. The fourth-order valence-corrected chi connectivity index (χ4v) is 2.14. The van der Waals surface area contributed by atoms with E-state index in [4.69, 9.17) is 0 Å². The second kappa shape index (κ2) is 3.64. The maximum absolute atomic E-state index is 13.0. The van der Waals surface area contributed by atoms with E-state index < -0.39 is 0 Å². The lowest BCUT2D eigenvalue weighted by atomic mass is 9.79. The van der Waals surface area contributed by atoms with Gasteiger partial charge < -0.3 is 0 Å². The SMILES string of the molecule is CC(C)C1CN(F)C(=O)C1C(C)C. The molecule has 1 amide bonds. The number of rotatable bonds is 2. The summed E-state index contributed by atoms with van der Waals surface area (Å²) in [6.07, 6.45) is 0. The lowest BCUT2D eigenvalue weighted by molar-refractivity contribution is -0.144. The van der Waals surface area contributed by atoms with Crippen molar-refractivity contribution in [3.05, 3.63) is 0 Å². The van der Waals surface area contributed by atoms with Gasteiger partial charge in [-0.3, -0.25) is 4.79 Å². The normalized spacial score (nSPS) is 29.5. The molecule has 1 aliphatic rings. The number of halogens is 1. The molecule has 76 valence electrons. The molecule has 2 unspecified atom stereocenters. The quantitative estimate of drug-likeness (QED) is 0.607. The molecule has 0 bridgehead atoms. The minimum absolute atomic E-state index is 0.120. The van der Waals surface area contributed by atoms with Crippen LogP contribution in [0.1, 0.15) is 27.7 Å². The van der Waals surface area contributed by atoms with E-state index in [2.05, 4.69) is 0 Å². The summed E-state index contributed by atoms with van der Waals surface area (Å²) in [5.74, 6) is 0.342. The number of hydrogen-bond donors (Lipinski definition) is 0. The lowest BCUT2D eigenvalue weighted by Gasteiger charge is -2.22. The molecule has 0 aromatic heterocycles. The van der Waals surface area contributed by atoms with Crippen molar-refractivity contribution in [3.8, 4) is 0 Å². The minimum atomic E-state index is -0.325. The topological polar surface area (TPSA) is 20.3 Å². The summed E-state index contributed by atoms with van der Waals surface area (Å²) in [4.78, 5) is 11.4. The molecule has 2 atom stereocenters. The molecule has 1 aliphatic heterocycles. The monoisotopic (exact) mass is 187 g/mol. The van der Waals surface area contributed by atoms with Gasteiger partial charge in [-0.2, -0.15) is 5.12 Å². The number of carbonyl (C=O) groups is 1. The van der Waals surface area contributed by atoms with Crippen molar-refractivity contribution in [3.63, 3.8) is 0 Å². The molecule has 13 heavy (non-hydrogen) atoms. The largest absolute Gasteiger partial charge is 0.272 e. The molecule has 2 nitrogen and oxygen atoms in total. The van der Waals surface area contributed by atoms with Crippen LogP contribution in [0.3, 0.4) is 0 Å². The first-order valence-corrected chi connectivity index (χ1v) is 4.92. The lowest BCUT2D eigenvalue weighted by Crippen LogP contribution is -2.26. The smallest absolute Gasteiger partial charge is 0.253 e. The molecule has 0 saturated carbocycles. The van der Waals surface area contributed by atoms with Crippen LogP contribution in [0, 0.1) is 23.7 Å². The minimum Gasteiger partial charge on any atom is -0.272 e. The highest BCUT2D eigenvalue weighted by atomic mass is 19.2. The zero-order valence-electron chi connectivity index (χ0n) is 8.75. The summed E-state index contributed by atoms with van der Waals surface area (Å²) in [6, 6.07) is 0. The molecule has 0 aliphatic carbocycles. The van der Waals surface area contributed by atoms with Gasteiger partial charge in [0.15, 0.2) is 0 Å². The Balaban J connectivity index is 2.81. The Morgan fingerprint density at radius 2 is 1.85 bits per heavy atom. The van der Waals surface area contributed by atoms with Crippen LogP contribution in [-0.2, 0) is 4.79 Å². The van der Waals surface area contributed by atoms with Gasteiger partial charge in [-0.15, -0.1) is 0 Å². The second-order valence-corrected chi connectivity index (χ2v) is 4.56. The fraction of sp³-hybridized carbons (Fsp3) is 0.900. The van der Waals surface area contributed by atoms with Crippen molar-refractivity contribution in [2.24, 2.45) is 23.7 Å². The third kappa shape index (κ3) is 1.84. The molecule has 1 heterocycles. The van der Waals surface area contributed by atoms with Crippen molar-refractivity contribution in [1.29, 1.82) is 0 Å². The molecule has 0 spiro atoms. The van der Waals surface area contributed by atoms with E-state index in [-0.39, 0.29) is 30.2 Å². The van der Waals surface area contributed by atoms with Gasteiger partial charge in [-0.05, 0) is 17.8 Å². The van der Waals surface area contributed by atoms with Gasteiger partial charge in [0.25, 0.3) is 5.91 Å². The van der Waals surface area contributed by atoms with E-state index in [0.29, 0.717) is 11.0 Å². The molecule has 1 rings (SSSR count). The zero-order valence-corrected chi connectivity index (χ0v) is 8.75. The Kier molecular flexibility index (Phi) is 2.94. The zero-order chi connectivity index (χ0) is 10.2. The Morgan fingerprint density at radius 1 is 1.31 bits per heavy atom. The Morgan fingerprint density at radius 3 is 2.15 bits per heavy atom. The van der Waals surface area contributed by atoms with Crippen LogP contribution in [-0.4, -0.2) is 17.6 Å². The summed E-state index contributed by atoms with van der Waals surface area (Å²) in [5, 5.41) is 0.384.